The molecular weight excluding hydrogens is 224 g/mol. The Hall–Kier alpha value is -1.35. The van der Waals surface area contributed by atoms with Crippen LogP contribution in [0.5, 0.6) is 0 Å². The molecule has 0 spiro atoms. The summed E-state index contributed by atoms with van der Waals surface area (Å²) in [6.45, 7) is 5.79. The number of hydrogen-bond donors (Lipinski definition) is 1. The second-order valence-electron chi connectivity index (χ2n) is 5.69. The zero-order valence-electron chi connectivity index (χ0n) is 11.3. The lowest BCUT2D eigenvalue weighted by Crippen LogP contribution is -2.44. The highest BCUT2D eigenvalue weighted by atomic mass is 16.2. The number of nitrogens with zero attached hydrogens (tertiary/aromatic N) is 1. The molecule has 1 aliphatic heterocycles. The van der Waals surface area contributed by atoms with Gasteiger partial charge in [0.15, 0.2) is 0 Å². The Morgan fingerprint density at radius 2 is 2.00 bits per heavy atom. The average Bonchev–Trinajstić information content (AvgIpc) is 2.59. The van der Waals surface area contributed by atoms with Gasteiger partial charge in [-0.15, -0.1) is 0 Å². The highest BCUT2D eigenvalue weighted by molar-refractivity contribution is 5.82. The first-order valence-corrected chi connectivity index (χ1v) is 6.61. The molecule has 0 saturated carbocycles. The van der Waals surface area contributed by atoms with Crippen molar-refractivity contribution in [3.63, 3.8) is 0 Å². The van der Waals surface area contributed by atoms with Crippen molar-refractivity contribution in [1.29, 1.82) is 0 Å². The molecule has 1 aliphatic rings. The van der Waals surface area contributed by atoms with E-state index >= 15 is 0 Å². The Kier molecular flexibility index (Phi) is 3.71. The van der Waals surface area contributed by atoms with Crippen LogP contribution >= 0.6 is 0 Å². The van der Waals surface area contributed by atoms with Crippen molar-refractivity contribution in [2.75, 3.05) is 13.1 Å². The molecule has 0 fully saturated rings. The minimum Gasteiger partial charge on any atom is -0.338 e. The molecule has 1 aromatic carbocycles. The zero-order valence-corrected chi connectivity index (χ0v) is 11.3. The lowest BCUT2D eigenvalue weighted by molar-refractivity contribution is -0.140. The summed E-state index contributed by atoms with van der Waals surface area (Å²) in [6.07, 6.45) is 2.09. The summed E-state index contributed by atoms with van der Waals surface area (Å²) in [4.78, 5) is 14.4. The largest absolute Gasteiger partial charge is 0.338 e. The van der Waals surface area contributed by atoms with Gasteiger partial charge in [-0.1, -0.05) is 24.3 Å². The van der Waals surface area contributed by atoms with Crippen LogP contribution in [0.4, 0.5) is 0 Å². The molecule has 1 aromatic rings. The third-order valence-electron chi connectivity index (χ3n) is 3.73. The van der Waals surface area contributed by atoms with Crippen molar-refractivity contribution in [2.45, 2.75) is 33.2 Å². The van der Waals surface area contributed by atoms with E-state index in [9.17, 15) is 4.79 Å². The maximum absolute atomic E-state index is 12.5. The van der Waals surface area contributed by atoms with E-state index in [1.807, 2.05) is 24.8 Å². The summed E-state index contributed by atoms with van der Waals surface area (Å²) >= 11 is 0. The van der Waals surface area contributed by atoms with Gasteiger partial charge in [-0.2, -0.15) is 0 Å². The Morgan fingerprint density at radius 3 is 2.67 bits per heavy atom. The second kappa shape index (κ2) is 5.11. The maximum atomic E-state index is 12.5. The topological polar surface area (TPSA) is 46.3 Å². The Labute approximate surface area is 109 Å². The summed E-state index contributed by atoms with van der Waals surface area (Å²) in [6, 6.07) is 8.40. The third kappa shape index (κ3) is 2.56. The first-order valence-electron chi connectivity index (χ1n) is 6.61. The minimum atomic E-state index is -0.459. The zero-order chi connectivity index (χ0) is 13.2. The van der Waals surface area contributed by atoms with E-state index < -0.39 is 5.41 Å². The number of nitrogens with two attached hydrogens (primary N) is 1. The quantitative estimate of drug-likeness (QED) is 0.867. The van der Waals surface area contributed by atoms with Gasteiger partial charge in [0, 0.05) is 19.6 Å². The highest BCUT2D eigenvalue weighted by Crippen LogP contribution is 2.23. The van der Waals surface area contributed by atoms with Crippen LogP contribution in [0.3, 0.4) is 0 Å². The van der Waals surface area contributed by atoms with Crippen LogP contribution in [-0.2, 0) is 17.8 Å². The Bertz CT molecular complexity index is 440. The van der Waals surface area contributed by atoms with E-state index in [2.05, 4.69) is 18.2 Å². The van der Waals surface area contributed by atoms with E-state index in [1.54, 1.807) is 0 Å². The van der Waals surface area contributed by atoms with E-state index in [4.69, 9.17) is 5.73 Å². The number of carbonyl (C=O) groups excluding carboxylic acids is 1. The van der Waals surface area contributed by atoms with Crippen LogP contribution in [0.25, 0.3) is 0 Å². The minimum absolute atomic E-state index is 0.168. The fourth-order valence-electron chi connectivity index (χ4n) is 2.39. The Morgan fingerprint density at radius 1 is 1.33 bits per heavy atom. The first kappa shape index (κ1) is 13.1. The highest BCUT2D eigenvalue weighted by Gasteiger charge is 2.31. The van der Waals surface area contributed by atoms with Gasteiger partial charge in [-0.3, -0.25) is 4.79 Å². The molecule has 0 aliphatic carbocycles. The third-order valence-corrected chi connectivity index (χ3v) is 3.73. The van der Waals surface area contributed by atoms with Gasteiger partial charge in [0.05, 0.1) is 5.41 Å². The maximum Gasteiger partial charge on any atom is 0.229 e. The fraction of sp³-hybridized carbons (Fsp3) is 0.533. The molecular formula is C15H22N2O. The molecule has 1 heterocycles. The molecule has 0 bridgehead atoms. The van der Waals surface area contributed by atoms with Crippen molar-refractivity contribution in [2.24, 2.45) is 11.1 Å². The first-order chi connectivity index (χ1) is 8.54. The molecule has 1 amide bonds. The SMILES string of the molecule is CC(C)(CN)C(=O)N1CCCc2ccccc2C1. The van der Waals surface area contributed by atoms with E-state index in [0.29, 0.717) is 6.54 Å². The predicted molar refractivity (Wildman–Crippen MR) is 73.0 cm³/mol. The number of benzene rings is 1. The molecule has 18 heavy (non-hydrogen) atoms. The van der Waals surface area contributed by atoms with Gasteiger partial charge in [-0.05, 0) is 37.8 Å². The molecule has 3 heteroatoms. The van der Waals surface area contributed by atoms with Crippen molar-refractivity contribution in [3.05, 3.63) is 35.4 Å². The van der Waals surface area contributed by atoms with Crippen molar-refractivity contribution >= 4 is 5.91 Å². The molecule has 3 nitrogen and oxygen atoms in total. The summed E-state index contributed by atoms with van der Waals surface area (Å²) in [5.41, 5.74) is 7.89. The standard InChI is InChI=1S/C15H22N2O/c1-15(2,11-16)14(18)17-9-5-8-12-6-3-4-7-13(12)10-17/h3-4,6-7H,5,8-11,16H2,1-2H3. The molecule has 0 radical (unpaired) electrons. The van der Waals surface area contributed by atoms with Gasteiger partial charge in [0.25, 0.3) is 0 Å². The van der Waals surface area contributed by atoms with Gasteiger partial charge >= 0.3 is 0 Å². The number of aryl methyl sites for hydroxylation is 1. The summed E-state index contributed by atoms with van der Waals surface area (Å²) in [5, 5.41) is 0. The van der Waals surface area contributed by atoms with Crippen molar-refractivity contribution < 1.29 is 4.79 Å². The van der Waals surface area contributed by atoms with Gasteiger partial charge in [0.2, 0.25) is 5.91 Å². The van der Waals surface area contributed by atoms with Gasteiger partial charge in [-0.25, -0.2) is 0 Å². The smallest absolute Gasteiger partial charge is 0.229 e. The lowest BCUT2D eigenvalue weighted by atomic mass is 9.91. The molecule has 98 valence electrons. The summed E-state index contributed by atoms with van der Waals surface area (Å²) in [5.74, 6) is 0.168. The predicted octanol–water partition coefficient (Wildman–Crippen LogP) is 1.95. The average molecular weight is 246 g/mol. The van der Waals surface area contributed by atoms with Crippen LogP contribution in [0.1, 0.15) is 31.4 Å². The molecule has 0 aromatic heterocycles. The number of carbonyl (C=O) groups is 1. The summed E-state index contributed by atoms with van der Waals surface area (Å²) < 4.78 is 0. The number of amides is 1. The normalized spacial score (nSPS) is 16.1. The van der Waals surface area contributed by atoms with E-state index in [0.717, 1.165) is 25.9 Å². The van der Waals surface area contributed by atoms with E-state index in [-0.39, 0.29) is 5.91 Å². The number of fused-ring (bicyclic) bond motifs is 1. The van der Waals surface area contributed by atoms with Crippen molar-refractivity contribution in [1.82, 2.24) is 4.90 Å². The second-order valence-corrected chi connectivity index (χ2v) is 5.69. The summed E-state index contributed by atoms with van der Waals surface area (Å²) in [7, 11) is 0. The molecule has 0 unspecified atom stereocenters. The number of hydrogen-bond acceptors (Lipinski definition) is 2. The van der Waals surface area contributed by atoms with Crippen LogP contribution < -0.4 is 5.73 Å². The Balaban J connectivity index is 2.20. The monoisotopic (exact) mass is 246 g/mol. The lowest BCUT2D eigenvalue weighted by Gasteiger charge is -2.30. The molecule has 2 rings (SSSR count). The van der Waals surface area contributed by atoms with Crippen molar-refractivity contribution in [3.8, 4) is 0 Å². The molecule has 0 atom stereocenters. The van der Waals surface area contributed by atoms with E-state index in [1.165, 1.54) is 11.1 Å². The van der Waals surface area contributed by atoms with Crippen LogP contribution in [0.2, 0.25) is 0 Å². The fourth-order valence-corrected chi connectivity index (χ4v) is 2.39. The molecule has 0 saturated heterocycles. The molecule has 2 N–H and O–H groups in total. The van der Waals surface area contributed by atoms with Gasteiger partial charge in [0.1, 0.15) is 0 Å². The van der Waals surface area contributed by atoms with Crippen LogP contribution in [-0.4, -0.2) is 23.9 Å². The number of rotatable bonds is 2. The van der Waals surface area contributed by atoms with Gasteiger partial charge < -0.3 is 10.6 Å². The van der Waals surface area contributed by atoms with Crippen LogP contribution in [0, 0.1) is 5.41 Å². The van der Waals surface area contributed by atoms with Crippen LogP contribution in [0.15, 0.2) is 24.3 Å².